The van der Waals surface area contributed by atoms with E-state index < -0.39 is 0 Å². The Balaban J connectivity index is 1.56. The van der Waals surface area contributed by atoms with Gasteiger partial charge in [0, 0.05) is 18.2 Å². The lowest BCUT2D eigenvalue weighted by atomic mass is 9.85. The van der Waals surface area contributed by atoms with Gasteiger partial charge >= 0.3 is 0 Å². The molecule has 0 radical (unpaired) electrons. The summed E-state index contributed by atoms with van der Waals surface area (Å²) in [6.07, 6.45) is 2.89. The number of hydrogen-bond donors (Lipinski definition) is 3. The van der Waals surface area contributed by atoms with Gasteiger partial charge in [0.1, 0.15) is 5.75 Å². The second kappa shape index (κ2) is 7.00. The Labute approximate surface area is 136 Å². The molecule has 6 heteroatoms. The van der Waals surface area contributed by atoms with E-state index in [4.69, 9.17) is 4.74 Å². The van der Waals surface area contributed by atoms with E-state index in [1.54, 1.807) is 18.2 Å². The van der Waals surface area contributed by atoms with Gasteiger partial charge in [0.25, 0.3) is 5.91 Å². The van der Waals surface area contributed by atoms with Crippen LogP contribution in [0.5, 0.6) is 5.75 Å². The number of amides is 2. The first-order valence-electron chi connectivity index (χ1n) is 8.19. The van der Waals surface area contributed by atoms with Gasteiger partial charge in [0.15, 0.2) is 6.61 Å². The molecule has 1 aromatic carbocycles. The van der Waals surface area contributed by atoms with Crippen molar-refractivity contribution in [3.63, 3.8) is 0 Å². The minimum Gasteiger partial charge on any atom is -0.482 e. The van der Waals surface area contributed by atoms with Crippen molar-refractivity contribution in [2.24, 2.45) is 11.8 Å². The van der Waals surface area contributed by atoms with Gasteiger partial charge in [0.05, 0.1) is 5.69 Å². The van der Waals surface area contributed by atoms with Gasteiger partial charge < -0.3 is 20.7 Å². The van der Waals surface area contributed by atoms with Crippen LogP contribution in [0.3, 0.4) is 0 Å². The van der Waals surface area contributed by atoms with Crippen LogP contribution in [0.2, 0.25) is 0 Å². The minimum absolute atomic E-state index is 0.0100. The molecule has 2 aliphatic rings. The van der Waals surface area contributed by atoms with Crippen LogP contribution in [-0.4, -0.2) is 31.5 Å². The van der Waals surface area contributed by atoms with Crippen molar-refractivity contribution in [2.75, 3.05) is 30.3 Å². The fraction of sp³-hybridized carbons (Fsp3) is 0.529. The second-order valence-electron chi connectivity index (χ2n) is 6.38. The predicted molar refractivity (Wildman–Crippen MR) is 88.6 cm³/mol. The summed E-state index contributed by atoms with van der Waals surface area (Å²) in [6.45, 7) is 4.24. The maximum Gasteiger partial charge on any atom is 0.262 e. The van der Waals surface area contributed by atoms with Crippen LogP contribution < -0.4 is 20.7 Å². The molecule has 1 saturated heterocycles. The Bertz CT molecular complexity index is 597. The van der Waals surface area contributed by atoms with E-state index in [9.17, 15) is 9.59 Å². The van der Waals surface area contributed by atoms with Gasteiger partial charge in [-0.3, -0.25) is 9.59 Å². The van der Waals surface area contributed by atoms with E-state index in [1.807, 2.05) is 0 Å². The smallest absolute Gasteiger partial charge is 0.262 e. The fourth-order valence-electron chi connectivity index (χ4n) is 3.19. The molecule has 1 fully saturated rings. The lowest BCUT2D eigenvalue weighted by Crippen LogP contribution is -2.34. The SMILES string of the molecule is CC(CC(=O)Nc1ccc2c(c1)OCC(=O)N2)C1CCCNC1. The van der Waals surface area contributed by atoms with Gasteiger partial charge in [0.2, 0.25) is 5.91 Å². The monoisotopic (exact) mass is 317 g/mol. The molecule has 6 nitrogen and oxygen atoms in total. The molecule has 0 saturated carbocycles. The molecule has 2 heterocycles. The highest BCUT2D eigenvalue weighted by Gasteiger charge is 2.22. The first-order chi connectivity index (χ1) is 11.1. The lowest BCUT2D eigenvalue weighted by Gasteiger charge is -2.28. The highest BCUT2D eigenvalue weighted by molar-refractivity contribution is 5.97. The number of benzene rings is 1. The number of ether oxygens (including phenoxy) is 1. The summed E-state index contributed by atoms with van der Waals surface area (Å²) in [4.78, 5) is 23.5. The van der Waals surface area contributed by atoms with Gasteiger partial charge in [-0.15, -0.1) is 0 Å². The minimum atomic E-state index is -0.163. The second-order valence-corrected chi connectivity index (χ2v) is 6.38. The summed E-state index contributed by atoms with van der Waals surface area (Å²) in [5.41, 5.74) is 1.33. The molecule has 0 aliphatic carbocycles. The molecular formula is C17H23N3O3. The third-order valence-electron chi connectivity index (χ3n) is 4.55. The summed E-state index contributed by atoms with van der Waals surface area (Å²) in [5.74, 6) is 1.37. The molecule has 0 bridgehead atoms. The van der Waals surface area contributed by atoms with E-state index >= 15 is 0 Å². The summed E-state index contributed by atoms with van der Waals surface area (Å²) >= 11 is 0. The molecule has 0 aromatic heterocycles. The summed E-state index contributed by atoms with van der Waals surface area (Å²) in [7, 11) is 0. The zero-order valence-corrected chi connectivity index (χ0v) is 13.4. The zero-order valence-electron chi connectivity index (χ0n) is 13.4. The van der Waals surface area contributed by atoms with Crippen LogP contribution in [0.1, 0.15) is 26.2 Å². The molecule has 2 atom stereocenters. The maximum atomic E-state index is 12.2. The molecule has 23 heavy (non-hydrogen) atoms. The summed E-state index contributed by atoms with van der Waals surface area (Å²) < 4.78 is 5.36. The standard InChI is InChI=1S/C17H23N3O3/c1-11(12-3-2-6-18-9-12)7-16(21)19-13-4-5-14-15(8-13)23-10-17(22)20-14/h4-5,8,11-12,18H,2-3,6-7,9-10H2,1H3,(H,19,21)(H,20,22). The normalized spacial score (nSPS) is 21.6. The Morgan fingerprint density at radius 1 is 1.48 bits per heavy atom. The summed E-state index contributed by atoms with van der Waals surface area (Å²) in [5, 5.41) is 9.05. The van der Waals surface area contributed by atoms with Crippen LogP contribution in [0.15, 0.2) is 18.2 Å². The molecule has 124 valence electrons. The van der Waals surface area contributed by atoms with Gasteiger partial charge in [-0.1, -0.05) is 6.92 Å². The maximum absolute atomic E-state index is 12.2. The van der Waals surface area contributed by atoms with E-state index in [-0.39, 0.29) is 18.4 Å². The van der Waals surface area contributed by atoms with Crippen molar-refractivity contribution in [1.82, 2.24) is 5.32 Å². The molecule has 2 unspecified atom stereocenters. The number of hydrogen-bond acceptors (Lipinski definition) is 4. The molecule has 2 amide bonds. The molecule has 3 N–H and O–H groups in total. The number of fused-ring (bicyclic) bond motifs is 1. The average Bonchev–Trinajstić information content (AvgIpc) is 2.55. The Morgan fingerprint density at radius 2 is 2.35 bits per heavy atom. The number of anilines is 2. The Morgan fingerprint density at radius 3 is 3.13 bits per heavy atom. The van der Waals surface area contributed by atoms with E-state index in [0.29, 0.717) is 35.4 Å². The third kappa shape index (κ3) is 4.01. The molecule has 3 rings (SSSR count). The quantitative estimate of drug-likeness (QED) is 0.793. The number of nitrogens with one attached hydrogen (secondary N) is 3. The number of carbonyl (C=O) groups is 2. The highest BCUT2D eigenvalue weighted by Crippen LogP contribution is 2.31. The Hall–Kier alpha value is -2.08. The largest absolute Gasteiger partial charge is 0.482 e. The number of rotatable bonds is 4. The topological polar surface area (TPSA) is 79.5 Å². The first-order valence-corrected chi connectivity index (χ1v) is 8.19. The predicted octanol–water partition coefficient (Wildman–Crippen LogP) is 1.98. The van der Waals surface area contributed by atoms with Crippen LogP contribution >= 0.6 is 0 Å². The van der Waals surface area contributed by atoms with Crippen LogP contribution in [-0.2, 0) is 9.59 Å². The third-order valence-corrected chi connectivity index (χ3v) is 4.55. The van der Waals surface area contributed by atoms with Crippen molar-refractivity contribution < 1.29 is 14.3 Å². The van der Waals surface area contributed by atoms with Crippen molar-refractivity contribution in [1.29, 1.82) is 0 Å². The molecule has 1 aromatic rings. The zero-order chi connectivity index (χ0) is 16.2. The summed E-state index contributed by atoms with van der Waals surface area (Å²) in [6, 6.07) is 5.27. The van der Waals surface area contributed by atoms with Crippen LogP contribution in [0.4, 0.5) is 11.4 Å². The van der Waals surface area contributed by atoms with Gasteiger partial charge in [-0.05, 0) is 49.9 Å². The highest BCUT2D eigenvalue weighted by atomic mass is 16.5. The lowest BCUT2D eigenvalue weighted by molar-refractivity contribution is -0.119. The van der Waals surface area contributed by atoms with Gasteiger partial charge in [-0.25, -0.2) is 0 Å². The van der Waals surface area contributed by atoms with Crippen molar-refractivity contribution >= 4 is 23.2 Å². The van der Waals surface area contributed by atoms with Crippen molar-refractivity contribution in [3.8, 4) is 5.75 Å². The molecule has 0 spiro atoms. The van der Waals surface area contributed by atoms with Crippen LogP contribution in [0, 0.1) is 11.8 Å². The van der Waals surface area contributed by atoms with E-state index in [1.165, 1.54) is 12.8 Å². The van der Waals surface area contributed by atoms with Crippen molar-refractivity contribution in [3.05, 3.63) is 18.2 Å². The van der Waals surface area contributed by atoms with Crippen molar-refractivity contribution in [2.45, 2.75) is 26.2 Å². The first kappa shape index (κ1) is 15.8. The average molecular weight is 317 g/mol. The number of piperidine rings is 1. The van der Waals surface area contributed by atoms with E-state index in [2.05, 4.69) is 22.9 Å². The number of carbonyl (C=O) groups excluding carboxylic acids is 2. The fourth-order valence-corrected chi connectivity index (χ4v) is 3.19. The van der Waals surface area contributed by atoms with E-state index in [0.717, 1.165) is 13.1 Å². The van der Waals surface area contributed by atoms with Gasteiger partial charge in [-0.2, -0.15) is 0 Å². The van der Waals surface area contributed by atoms with Crippen LogP contribution in [0.25, 0.3) is 0 Å². The molecule has 2 aliphatic heterocycles. The molecular weight excluding hydrogens is 294 g/mol. The Kier molecular flexibility index (Phi) is 4.81.